The van der Waals surface area contributed by atoms with E-state index >= 15 is 0 Å². The van der Waals surface area contributed by atoms with Gasteiger partial charge in [0.05, 0.1) is 12.7 Å². The maximum absolute atomic E-state index is 10.9. The van der Waals surface area contributed by atoms with E-state index in [9.17, 15) is 4.79 Å². The van der Waals surface area contributed by atoms with Crippen LogP contribution in [0.3, 0.4) is 0 Å². The molecule has 13 heavy (non-hydrogen) atoms. The molecule has 1 rings (SSSR count). The number of rotatable bonds is 6. The topological polar surface area (TPSA) is 75.8 Å². The van der Waals surface area contributed by atoms with Gasteiger partial charge in [0.1, 0.15) is 5.54 Å². The summed E-state index contributed by atoms with van der Waals surface area (Å²) in [6.45, 7) is 0.658. The normalized spacial score (nSPS) is 25.2. The molecule has 1 saturated heterocycles. The first-order chi connectivity index (χ1) is 6.08. The number of hydrogen-bond acceptors (Lipinski definition) is 4. The molecule has 1 heterocycles. The molecule has 0 aromatic heterocycles. The van der Waals surface area contributed by atoms with E-state index < -0.39 is 11.5 Å². The van der Waals surface area contributed by atoms with Crippen LogP contribution in [0.4, 0.5) is 0 Å². The summed E-state index contributed by atoms with van der Waals surface area (Å²) in [4.78, 5) is 10.9. The molecular weight excluding hydrogens is 190 g/mol. The lowest BCUT2D eigenvalue weighted by atomic mass is 9.92. The van der Waals surface area contributed by atoms with Crippen LogP contribution in [0.25, 0.3) is 0 Å². The molecule has 4 nitrogen and oxygen atoms in total. The van der Waals surface area contributed by atoms with Crippen LogP contribution in [0.2, 0.25) is 0 Å². The van der Waals surface area contributed by atoms with Crippen LogP contribution in [0.15, 0.2) is 0 Å². The molecule has 5 heteroatoms. The maximum atomic E-state index is 10.9. The highest BCUT2D eigenvalue weighted by molar-refractivity contribution is 7.98. The number of thioether (sulfide) groups is 1. The van der Waals surface area contributed by atoms with E-state index in [1.54, 1.807) is 11.8 Å². The van der Waals surface area contributed by atoms with Crippen LogP contribution < -0.4 is 5.73 Å². The number of aliphatic carboxylic acids is 1. The molecule has 1 aliphatic heterocycles. The van der Waals surface area contributed by atoms with Gasteiger partial charge in [-0.3, -0.25) is 4.79 Å². The zero-order valence-corrected chi connectivity index (χ0v) is 8.47. The molecule has 3 N–H and O–H groups in total. The molecule has 0 bridgehead atoms. The van der Waals surface area contributed by atoms with Crippen molar-refractivity contribution in [2.24, 2.45) is 5.73 Å². The van der Waals surface area contributed by atoms with Crippen LogP contribution in [-0.2, 0) is 9.53 Å². The highest BCUT2D eigenvalue weighted by Crippen LogP contribution is 2.24. The summed E-state index contributed by atoms with van der Waals surface area (Å²) in [6.07, 6.45) is 2.95. The smallest absolute Gasteiger partial charge is 0.323 e. The number of ether oxygens (including phenoxy) is 1. The quantitative estimate of drug-likeness (QED) is 0.610. The minimum Gasteiger partial charge on any atom is -0.480 e. The average molecular weight is 205 g/mol. The van der Waals surface area contributed by atoms with Gasteiger partial charge in [0.2, 0.25) is 0 Å². The van der Waals surface area contributed by atoms with Gasteiger partial charge in [0.25, 0.3) is 0 Å². The fourth-order valence-electron chi connectivity index (χ4n) is 1.17. The zero-order valence-electron chi connectivity index (χ0n) is 7.66. The van der Waals surface area contributed by atoms with Crippen molar-refractivity contribution in [2.75, 3.05) is 18.6 Å². The summed E-state index contributed by atoms with van der Waals surface area (Å²) in [7, 11) is 0. The Morgan fingerprint density at radius 2 is 2.46 bits per heavy atom. The van der Waals surface area contributed by atoms with Crippen molar-refractivity contribution in [2.45, 2.75) is 24.5 Å². The number of hydrogen-bond donors (Lipinski definition) is 2. The Labute approximate surface area is 81.8 Å². The largest absolute Gasteiger partial charge is 0.480 e. The third kappa shape index (κ3) is 3.17. The van der Waals surface area contributed by atoms with Crippen molar-refractivity contribution in [3.05, 3.63) is 0 Å². The van der Waals surface area contributed by atoms with E-state index in [4.69, 9.17) is 15.6 Å². The molecule has 1 aliphatic rings. The second kappa shape index (κ2) is 4.30. The lowest BCUT2D eigenvalue weighted by Gasteiger charge is -2.23. The SMILES string of the molecule is CSCCC(N)(CC1CO1)C(=O)O. The lowest BCUT2D eigenvalue weighted by molar-refractivity contribution is -0.143. The monoisotopic (exact) mass is 205 g/mol. The highest BCUT2D eigenvalue weighted by atomic mass is 32.2. The Morgan fingerprint density at radius 1 is 1.85 bits per heavy atom. The van der Waals surface area contributed by atoms with E-state index in [1.807, 2.05) is 6.26 Å². The van der Waals surface area contributed by atoms with Crippen LogP contribution in [-0.4, -0.2) is 41.3 Å². The Hall–Kier alpha value is -0.260. The number of epoxide rings is 1. The number of carboxylic acid groups (broad SMARTS) is 1. The molecule has 1 fully saturated rings. The summed E-state index contributed by atoms with van der Waals surface area (Å²) in [5, 5.41) is 8.95. The molecule has 2 unspecified atom stereocenters. The molecule has 0 aliphatic carbocycles. The minimum atomic E-state index is -1.09. The lowest BCUT2D eigenvalue weighted by Crippen LogP contribution is -2.49. The summed E-state index contributed by atoms with van der Waals surface area (Å²) in [5.41, 5.74) is 4.68. The van der Waals surface area contributed by atoms with Gasteiger partial charge >= 0.3 is 5.97 Å². The van der Waals surface area contributed by atoms with Gasteiger partial charge in [-0.2, -0.15) is 11.8 Å². The molecule has 0 spiro atoms. The van der Waals surface area contributed by atoms with Crippen molar-refractivity contribution in [3.63, 3.8) is 0 Å². The van der Waals surface area contributed by atoms with Crippen molar-refractivity contribution < 1.29 is 14.6 Å². The summed E-state index contributed by atoms with van der Waals surface area (Å²) >= 11 is 1.61. The van der Waals surface area contributed by atoms with Gasteiger partial charge in [0.15, 0.2) is 0 Å². The number of nitrogens with two attached hydrogens (primary N) is 1. The first-order valence-electron chi connectivity index (χ1n) is 4.21. The summed E-state index contributed by atoms with van der Waals surface area (Å²) in [5.74, 6) is -0.146. The molecule has 2 atom stereocenters. The number of carboxylic acids is 1. The molecule has 0 aromatic carbocycles. The standard InChI is InChI=1S/C8H15NO3S/c1-13-3-2-8(9,7(10)11)4-6-5-12-6/h6H,2-5,9H2,1H3,(H,10,11). The Kier molecular flexibility index (Phi) is 3.58. The zero-order chi connectivity index (χ0) is 9.90. The molecule has 76 valence electrons. The van der Waals surface area contributed by atoms with Gasteiger partial charge in [-0.1, -0.05) is 0 Å². The third-order valence-electron chi connectivity index (χ3n) is 2.17. The van der Waals surface area contributed by atoms with Gasteiger partial charge in [-0.15, -0.1) is 0 Å². The van der Waals surface area contributed by atoms with Gasteiger partial charge in [-0.05, 0) is 18.4 Å². The number of carbonyl (C=O) groups is 1. The molecule has 0 saturated carbocycles. The maximum Gasteiger partial charge on any atom is 0.323 e. The first-order valence-corrected chi connectivity index (χ1v) is 5.61. The second-order valence-corrected chi connectivity index (χ2v) is 4.35. The van der Waals surface area contributed by atoms with Crippen LogP contribution >= 0.6 is 11.8 Å². The first kappa shape index (κ1) is 10.8. The van der Waals surface area contributed by atoms with E-state index in [0.717, 1.165) is 5.75 Å². The Morgan fingerprint density at radius 3 is 2.85 bits per heavy atom. The molecular formula is C8H15NO3S. The van der Waals surface area contributed by atoms with Crippen LogP contribution in [0, 0.1) is 0 Å². The minimum absolute atomic E-state index is 0.0722. The molecule has 0 radical (unpaired) electrons. The van der Waals surface area contributed by atoms with E-state index in [-0.39, 0.29) is 6.10 Å². The molecule has 0 aromatic rings. The van der Waals surface area contributed by atoms with E-state index in [2.05, 4.69) is 0 Å². The highest BCUT2D eigenvalue weighted by Gasteiger charge is 2.40. The fraction of sp³-hybridized carbons (Fsp3) is 0.875. The van der Waals surface area contributed by atoms with E-state index in [0.29, 0.717) is 19.4 Å². The third-order valence-corrected chi connectivity index (χ3v) is 2.78. The van der Waals surface area contributed by atoms with Crippen molar-refractivity contribution in [3.8, 4) is 0 Å². The fourth-order valence-corrected chi connectivity index (χ4v) is 1.74. The van der Waals surface area contributed by atoms with E-state index in [1.165, 1.54) is 0 Å². The van der Waals surface area contributed by atoms with Gasteiger partial charge in [-0.25, -0.2) is 0 Å². The van der Waals surface area contributed by atoms with Crippen LogP contribution in [0.1, 0.15) is 12.8 Å². The predicted octanol–water partition coefficient (Wildman–Crippen LogP) is 0.310. The molecule has 0 amide bonds. The van der Waals surface area contributed by atoms with Crippen LogP contribution in [0.5, 0.6) is 0 Å². The van der Waals surface area contributed by atoms with Crippen molar-refractivity contribution in [1.29, 1.82) is 0 Å². The summed E-state index contributed by atoms with van der Waals surface area (Å²) < 4.78 is 4.98. The Balaban J connectivity index is 2.45. The summed E-state index contributed by atoms with van der Waals surface area (Å²) in [6, 6.07) is 0. The predicted molar refractivity (Wildman–Crippen MR) is 51.9 cm³/mol. The van der Waals surface area contributed by atoms with Crippen molar-refractivity contribution >= 4 is 17.7 Å². The Bertz CT molecular complexity index is 196. The second-order valence-electron chi connectivity index (χ2n) is 3.36. The van der Waals surface area contributed by atoms with Crippen molar-refractivity contribution in [1.82, 2.24) is 0 Å². The van der Waals surface area contributed by atoms with Gasteiger partial charge in [0, 0.05) is 6.42 Å². The average Bonchev–Trinajstić information content (AvgIpc) is 2.84. The van der Waals surface area contributed by atoms with Gasteiger partial charge < -0.3 is 15.6 Å².